The predicted molar refractivity (Wildman–Crippen MR) is 79.5 cm³/mol. The van der Waals surface area contributed by atoms with E-state index >= 15 is 0 Å². The molecule has 2 rings (SSSR count). The van der Waals surface area contributed by atoms with Crippen LogP contribution in [0.25, 0.3) is 0 Å². The molecular weight excluding hydrogens is 346 g/mol. The van der Waals surface area contributed by atoms with E-state index in [0.29, 0.717) is 23.6 Å². The van der Waals surface area contributed by atoms with E-state index in [1.165, 1.54) is 18.4 Å². The largest absolute Gasteiger partial charge is 0.494 e. The highest BCUT2D eigenvalue weighted by Crippen LogP contribution is 2.40. The van der Waals surface area contributed by atoms with Gasteiger partial charge in [0, 0.05) is 17.5 Å². The molecule has 0 spiro atoms. The lowest BCUT2D eigenvalue weighted by atomic mass is 10.0. The highest BCUT2D eigenvalue weighted by molar-refractivity contribution is 9.10. The first kappa shape index (κ1) is 15.3. The maximum atomic E-state index is 12.6. The Morgan fingerprint density at radius 3 is 2.65 bits per heavy atom. The summed E-state index contributed by atoms with van der Waals surface area (Å²) >= 11 is 4.77. The molecule has 1 aliphatic rings. The maximum absolute atomic E-state index is 12.6. The van der Waals surface area contributed by atoms with Crippen LogP contribution < -0.4 is 4.74 Å². The molecule has 7 heteroatoms. The van der Waals surface area contributed by atoms with Gasteiger partial charge in [-0.15, -0.1) is 11.3 Å². The fraction of sp³-hybridized carbons (Fsp3) is 0.538. The Morgan fingerprint density at radius 2 is 2.15 bits per heavy atom. The number of hydrogen-bond donors (Lipinski definition) is 1. The Balaban J connectivity index is 2.29. The number of ether oxygens (including phenoxy) is 1. The molecule has 110 valence electrons. The summed E-state index contributed by atoms with van der Waals surface area (Å²) in [6.45, 7) is 4.15. The van der Waals surface area contributed by atoms with Crippen LogP contribution in [-0.2, 0) is 4.79 Å². The predicted octanol–water partition coefficient (Wildman–Crippen LogP) is 2.76. The molecule has 0 aliphatic carbocycles. The minimum absolute atomic E-state index is 0.156. The van der Waals surface area contributed by atoms with Gasteiger partial charge in [0.15, 0.2) is 5.75 Å². The SMILES string of the molecule is COc1c(C(=O)N2CCC(C(=O)O)C2C)sc(C)c1Br. The van der Waals surface area contributed by atoms with E-state index < -0.39 is 11.9 Å². The van der Waals surface area contributed by atoms with Crippen molar-refractivity contribution in [1.29, 1.82) is 0 Å². The second-order valence-corrected chi connectivity index (χ2v) is 6.82. The summed E-state index contributed by atoms with van der Waals surface area (Å²) in [6, 6.07) is -0.300. The van der Waals surface area contributed by atoms with E-state index in [1.54, 1.807) is 11.8 Å². The van der Waals surface area contributed by atoms with Crippen molar-refractivity contribution in [3.05, 3.63) is 14.2 Å². The van der Waals surface area contributed by atoms with Gasteiger partial charge >= 0.3 is 5.97 Å². The second-order valence-electron chi connectivity index (χ2n) is 4.81. The van der Waals surface area contributed by atoms with Gasteiger partial charge in [-0.05, 0) is 36.2 Å². The Labute approximate surface area is 129 Å². The standard InChI is InChI=1S/C13H16BrNO4S/c1-6-8(13(17)18)4-5-15(6)12(16)11-10(19-3)9(14)7(2)20-11/h6,8H,4-5H2,1-3H3,(H,17,18). The van der Waals surface area contributed by atoms with Gasteiger partial charge in [-0.1, -0.05) is 0 Å². The van der Waals surface area contributed by atoms with Crippen LogP contribution in [0.4, 0.5) is 0 Å². The number of methoxy groups -OCH3 is 1. The summed E-state index contributed by atoms with van der Waals surface area (Å²) < 4.78 is 6.07. The fourth-order valence-electron chi connectivity index (χ4n) is 2.51. The number of hydrogen-bond acceptors (Lipinski definition) is 4. The Bertz CT molecular complexity index is 557. The van der Waals surface area contributed by atoms with Crippen molar-refractivity contribution >= 4 is 39.1 Å². The number of halogens is 1. The van der Waals surface area contributed by atoms with Gasteiger partial charge in [-0.3, -0.25) is 9.59 Å². The molecule has 0 saturated carbocycles. The van der Waals surface area contributed by atoms with Gasteiger partial charge in [-0.2, -0.15) is 0 Å². The molecule has 2 heterocycles. The average Bonchev–Trinajstić information content (AvgIpc) is 2.91. The molecule has 2 atom stereocenters. The first-order valence-electron chi connectivity index (χ1n) is 6.25. The quantitative estimate of drug-likeness (QED) is 0.898. The fourth-order valence-corrected chi connectivity index (χ4v) is 4.22. The molecule has 1 N–H and O–H groups in total. The number of amides is 1. The number of carbonyl (C=O) groups is 2. The lowest BCUT2D eigenvalue weighted by Crippen LogP contribution is -2.37. The van der Waals surface area contributed by atoms with Crippen molar-refractivity contribution in [2.24, 2.45) is 5.92 Å². The number of carboxylic acid groups (broad SMARTS) is 1. The van der Waals surface area contributed by atoms with Crippen molar-refractivity contribution in [1.82, 2.24) is 4.90 Å². The Kier molecular flexibility index (Phi) is 4.39. The zero-order valence-electron chi connectivity index (χ0n) is 11.5. The van der Waals surface area contributed by atoms with E-state index in [2.05, 4.69) is 15.9 Å². The molecule has 1 amide bonds. The number of likely N-dealkylation sites (tertiary alicyclic amines) is 1. The zero-order chi connectivity index (χ0) is 15.0. The number of aryl methyl sites for hydroxylation is 1. The van der Waals surface area contributed by atoms with E-state index in [-0.39, 0.29) is 11.9 Å². The van der Waals surface area contributed by atoms with Crippen LogP contribution in [0.3, 0.4) is 0 Å². The van der Waals surface area contributed by atoms with E-state index in [0.717, 1.165) is 9.35 Å². The van der Waals surface area contributed by atoms with Crippen molar-refractivity contribution < 1.29 is 19.4 Å². The first-order valence-corrected chi connectivity index (χ1v) is 7.86. The minimum atomic E-state index is -0.844. The molecule has 1 saturated heterocycles. The lowest BCUT2D eigenvalue weighted by molar-refractivity contribution is -0.142. The third-order valence-electron chi connectivity index (χ3n) is 3.70. The lowest BCUT2D eigenvalue weighted by Gasteiger charge is -2.23. The van der Waals surface area contributed by atoms with Crippen LogP contribution in [0.1, 0.15) is 27.9 Å². The van der Waals surface area contributed by atoms with Gasteiger partial charge < -0.3 is 14.7 Å². The number of rotatable bonds is 3. The minimum Gasteiger partial charge on any atom is -0.494 e. The Hall–Kier alpha value is -1.08. The molecule has 1 aliphatic heterocycles. The van der Waals surface area contributed by atoms with Crippen molar-refractivity contribution in [3.8, 4) is 5.75 Å². The molecule has 20 heavy (non-hydrogen) atoms. The Morgan fingerprint density at radius 1 is 1.50 bits per heavy atom. The van der Waals surface area contributed by atoms with Gasteiger partial charge in [0.2, 0.25) is 0 Å². The number of carboxylic acids is 1. The smallest absolute Gasteiger partial charge is 0.308 e. The van der Waals surface area contributed by atoms with Crippen LogP contribution in [0.15, 0.2) is 4.47 Å². The summed E-state index contributed by atoms with van der Waals surface area (Å²) in [5.41, 5.74) is 0. The van der Waals surface area contributed by atoms with Crippen LogP contribution >= 0.6 is 27.3 Å². The molecule has 1 fully saturated rings. The topological polar surface area (TPSA) is 66.8 Å². The summed E-state index contributed by atoms with van der Waals surface area (Å²) in [5, 5.41) is 9.14. The van der Waals surface area contributed by atoms with Crippen molar-refractivity contribution in [2.45, 2.75) is 26.3 Å². The van der Waals surface area contributed by atoms with Gasteiger partial charge in [0.25, 0.3) is 5.91 Å². The second kappa shape index (κ2) is 5.73. The molecule has 1 aromatic rings. The van der Waals surface area contributed by atoms with Crippen LogP contribution in [0.2, 0.25) is 0 Å². The number of aliphatic carboxylic acids is 1. The van der Waals surface area contributed by atoms with Crippen LogP contribution in [0.5, 0.6) is 5.75 Å². The number of nitrogens with zero attached hydrogens (tertiary/aromatic N) is 1. The molecule has 2 unspecified atom stereocenters. The molecular formula is C13H16BrNO4S. The maximum Gasteiger partial charge on any atom is 0.308 e. The summed E-state index contributed by atoms with van der Waals surface area (Å²) in [7, 11) is 1.52. The highest BCUT2D eigenvalue weighted by Gasteiger charge is 2.39. The number of thiophene rings is 1. The summed E-state index contributed by atoms with van der Waals surface area (Å²) in [5.74, 6) is -0.960. The third kappa shape index (κ3) is 2.44. The summed E-state index contributed by atoms with van der Waals surface area (Å²) in [6.07, 6.45) is 0.496. The summed E-state index contributed by atoms with van der Waals surface area (Å²) in [4.78, 5) is 26.9. The van der Waals surface area contributed by atoms with Gasteiger partial charge in [0.1, 0.15) is 4.88 Å². The molecule has 0 radical (unpaired) electrons. The zero-order valence-corrected chi connectivity index (χ0v) is 13.9. The van der Waals surface area contributed by atoms with Crippen molar-refractivity contribution in [3.63, 3.8) is 0 Å². The molecule has 5 nitrogen and oxygen atoms in total. The molecule has 0 aromatic carbocycles. The van der Waals surface area contributed by atoms with Gasteiger partial charge in [-0.25, -0.2) is 0 Å². The van der Waals surface area contributed by atoms with E-state index in [9.17, 15) is 9.59 Å². The average molecular weight is 362 g/mol. The number of carbonyl (C=O) groups excluding carboxylic acids is 1. The highest BCUT2D eigenvalue weighted by atomic mass is 79.9. The first-order chi connectivity index (χ1) is 9.38. The van der Waals surface area contributed by atoms with Gasteiger partial charge in [0.05, 0.1) is 17.5 Å². The van der Waals surface area contributed by atoms with Crippen molar-refractivity contribution in [2.75, 3.05) is 13.7 Å². The molecule has 1 aromatic heterocycles. The monoisotopic (exact) mass is 361 g/mol. The normalized spacial score (nSPS) is 22.1. The van der Waals surface area contributed by atoms with Crippen LogP contribution in [0, 0.1) is 12.8 Å². The molecule has 0 bridgehead atoms. The van der Waals surface area contributed by atoms with E-state index in [4.69, 9.17) is 9.84 Å². The van der Waals surface area contributed by atoms with E-state index in [1.807, 2.05) is 6.92 Å². The van der Waals surface area contributed by atoms with Crippen LogP contribution in [-0.4, -0.2) is 41.6 Å². The third-order valence-corrected chi connectivity index (χ3v) is 5.99.